The Labute approximate surface area is 117 Å². The Bertz CT molecular complexity index is 295. The number of likely N-dealkylation sites (tertiary alicyclic amines) is 1. The monoisotopic (exact) mass is 267 g/mol. The van der Waals surface area contributed by atoms with Crippen LogP contribution in [0, 0.1) is 5.92 Å². The van der Waals surface area contributed by atoms with E-state index in [0.29, 0.717) is 18.4 Å². The predicted molar refractivity (Wildman–Crippen MR) is 77.8 cm³/mol. The minimum Gasteiger partial charge on any atom is -0.352 e. The third-order valence-corrected chi connectivity index (χ3v) is 4.73. The highest BCUT2D eigenvalue weighted by Crippen LogP contribution is 2.25. The lowest BCUT2D eigenvalue weighted by molar-refractivity contribution is -0.123. The van der Waals surface area contributed by atoms with Crippen molar-refractivity contribution in [1.82, 2.24) is 10.2 Å². The summed E-state index contributed by atoms with van der Waals surface area (Å²) in [4.78, 5) is 14.6. The average molecular weight is 267 g/mol. The Morgan fingerprint density at radius 1 is 1.26 bits per heavy atom. The fraction of sp³-hybridized carbons (Fsp3) is 0.933. The lowest BCUT2D eigenvalue weighted by atomic mass is 9.83. The molecule has 1 aliphatic carbocycles. The molecule has 1 saturated heterocycles. The van der Waals surface area contributed by atoms with E-state index in [0.717, 1.165) is 32.4 Å². The van der Waals surface area contributed by atoms with Gasteiger partial charge in [-0.2, -0.15) is 0 Å². The van der Waals surface area contributed by atoms with Gasteiger partial charge < -0.3 is 16.0 Å². The summed E-state index contributed by atoms with van der Waals surface area (Å²) >= 11 is 0. The molecule has 4 nitrogen and oxygen atoms in total. The molecule has 0 spiro atoms. The van der Waals surface area contributed by atoms with Crippen molar-refractivity contribution in [2.75, 3.05) is 19.6 Å². The topological polar surface area (TPSA) is 58.4 Å². The zero-order valence-corrected chi connectivity index (χ0v) is 12.2. The van der Waals surface area contributed by atoms with Crippen molar-refractivity contribution in [2.45, 2.75) is 64.0 Å². The van der Waals surface area contributed by atoms with E-state index in [-0.39, 0.29) is 11.9 Å². The van der Waals surface area contributed by atoms with Crippen LogP contribution < -0.4 is 11.1 Å². The van der Waals surface area contributed by atoms with Crippen LogP contribution in [-0.4, -0.2) is 42.5 Å². The normalized spacial score (nSPS) is 33.1. The first kappa shape index (κ1) is 14.8. The molecule has 1 saturated carbocycles. The number of hydrogen-bond donors (Lipinski definition) is 2. The molecule has 0 aromatic rings. The number of nitrogens with zero attached hydrogens (tertiary/aromatic N) is 1. The van der Waals surface area contributed by atoms with Crippen LogP contribution in [0.3, 0.4) is 0 Å². The molecule has 2 fully saturated rings. The van der Waals surface area contributed by atoms with Gasteiger partial charge in [-0.1, -0.05) is 19.8 Å². The number of nitrogens with one attached hydrogen (secondary N) is 1. The van der Waals surface area contributed by atoms with Crippen molar-refractivity contribution in [3.05, 3.63) is 0 Å². The molecule has 1 heterocycles. The maximum atomic E-state index is 12.1. The van der Waals surface area contributed by atoms with E-state index < -0.39 is 0 Å². The summed E-state index contributed by atoms with van der Waals surface area (Å²) in [6.45, 7) is 5.46. The minimum atomic E-state index is 0.213. The molecule has 3 atom stereocenters. The van der Waals surface area contributed by atoms with Gasteiger partial charge in [0, 0.05) is 25.0 Å². The van der Waals surface area contributed by atoms with Crippen LogP contribution in [0.15, 0.2) is 0 Å². The summed E-state index contributed by atoms with van der Waals surface area (Å²) in [5, 5.41) is 3.21. The summed E-state index contributed by atoms with van der Waals surface area (Å²) in [6, 6.07) is 0.582. The summed E-state index contributed by atoms with van der Waals surface area (Å²) in [5.74, 6) is 0.616. The van der Waals surface area contributed by atoms with Crippen LogP contribution in [0.4, 0.5) is 0 Å². The van der Waals surface area contributed by atoms with E-state index in [1.54, 1.807) is 0 Å². The molecule has 19 heavy (non-hydrogen) atoms. The standard InChI is InChI=1S/C15H29N3O/c1-2-18-9-5-7-13(11-18)17-15(19)10-12-6-3-4-8-14(12)16/h12-14H,2-11,16H2,1H3,(H,17,19). The number of nitrogens with two attached hydrogens (primary N) is 1. The van der Waals surface area contributed by atoms with Crippen LogP contribution in [0.5, 0.6) is 0 Å². The smallest absolute Gasteiger partial charge is 0.220 e. The second-order valence-electron chi connectivity index (χ2n) is 6.21. The second-order valence-corrected chi connectivity index (χ2v) is 6.21. The number of carbonyl (C=O) groups is 1. The number of likely N-dealkylation sites (N-methyl/N-ethyl adjacent to an activating group) is 1. The van der Waals surface area contributed by atoms with Gasteiger partial charge in [-0.05, 0) is 44.7 Å². The second kappa shape index (κ2) is 7.25. The fourth-order valence-electron chi connectivity index (χ4n) is 3.48. The largest absolute Gasteiger partial charge is 0.352 e. The van der Waals surface area contributed by atoms with E-state index in [4.69, 9.17) is 5.73 Å². The van der Waals surface area contributed by atoms with Crippen molar-refractivity contribution in [3.63, 3.8) is 0 Å². The summed E-state index contributed by atoms with van der Waals surface area (Å²) in [6.07, 6.45) is 7.63. The van der Waals surface area contributed by atoms with Crippen LogP contribution >= 0.6 is 0 Å². The third kappa shape index (κ3) is 4.46. The van der Waals surface area contributed by atoms with Gasteiger partial charge in [0.15, 0.2) is 0 Å². The third-order valence-electron chi connectivity index (χ3n) is 4.73. The molecule has 1 aliphatic heterocycles. The molecular weight excluding hydrogens is 238 g/mol. The Kier molecular flexibility index (Phi) is 5.64. The van der Waals surface area contributed by atoms with E-state index in [1.807, 2.05) is 0 Å². The van der Waals surface area contributed by atoms with Crippen LogP contribution in [0.25, 0.3) is 0 Å². The molecule has 0 aromatic carbocycles. The molecular formula is C15H29N3O. The first-order chi connectivity index (χ1) is 9.19. The summed E-state index contributed by atoms with van der Waals surface area (Å²) in [7, 11) is 0. The van der Waals surface area contributed by atoms with Crippen molar-refractivity contribution in [2.24, 2.45) is 11.7 Å². The minimum absolute atomic E-state index is 0.213. The van der Waals surface area contributed by atoms with Crippen molar-refractivity contribution >= 4 is 5.91 Å². The van der Waals surface area contributed by atoms with Gasteiger partial charge >= 0.3 is 0 Å². The number of piperidine rings is 1. The molecule has 0 radical (unpaired) electrons. The zero-order valence-electron chi connectivity index (χ0n) is 12.2. The summed E-state index contributed by atoms with van der Waals surface area (Å²) < 4.78 is 0. The molecule has 2 aliphatic rings. The highest BCUT2D eigenvalue weighted by atomic mass is 16.1. The molecule has 0 bridgehead atoms. The Hall–Kier alpha value is -0.610. The Morgan fingerprint density at radius 3 is 2.79 bits per heavy atom. The van der Waals surface area contributed by atoms with Crippen molar-refractivity contribution in [1.29, 1.82) is 0 Å². The van der Waals surface area contributed by atoms with E-state index in [2.05, 4.69) is 17.1 Å². The number of amides is 1. The van der Waals surface area contributed by atoms with Gasteiger partial charge in [0.2, 0.25) is 5.91 Å². The van der Waals surface area contributed by atoms with Gasteiger partial charge in [0.25, 0.3) is 0 Å². The lowest BCUT2D eigenvalue weighted by Crippen LogP contribution is -2.48. The van der Waals surface area contributed by atoms with E-state index >= 15 is 0 Å². The van der Waals surface area contributed by atoms with Crippen LogP contribution in [-0.2, 0) is 4.79 Å². The lowest BCUT2D eigenvalue weighted by Gasteiger charge is -2.33. The van der Waals surface area contributed by atoms with Crippen molar-refractivity contribution < 1.29 is 4.79 Å². The highest BCUT2D eigenvalue weighted by Gasteiger charge is 2.26. The first-order valence-corrected chi connectivity index (χ1v) is 7.96. The summed E-state index contributed by atoms with van der Waals surface area (Å²) in [5.41, 5.74) is 6.12. The van der Waals surface area contributed by atoms with Gasteiger partial charge in [0.05, 0.1) is 0 Å². The fourth-order valence-corrected chi connectivity index (χ4v) is 3.48. The maximum Gasteiger partial charge on any atom is 0.220 e. The number of carbonyl (C=O) groups excluding carboxylic acids is 1. The average Bonchev–Trinajstić information content (AvgIpc) is 2.41. The first-order valence-electron chi connectivity index (χ1n) is 7.96. The SMILES string of the molecule is CCN1CCCC(NC(=O)CC2CCCCC2N)C1. The zero-order chi connectivity index (χ0) is 13.7. The van der Waals surface area contributed by atoms with Crippen molar-refractivity contribution in [3.8, 4) is 0 Å². The quantitative estimate of drug-likeness (QED) is 0.811. The van der Waals surface area contributed by atoms with Gasteiger partial charge in [-0.25, -0.2) is 0 Å². The van der Waals surface area contributed by atoms with Crippen LogP contribution in [0.2, 0.25) is 0 Å². The van der Waals surface area contributed by atoms with Crippen LogP contribution in [0.1, 0.15) is 51.9 Å². The molecule has 4 heteroatoms. The molecule has 2 rings (SSSR count). The molecule has 1 amide bonds. The highest BCUT2D eigenvalue weighted by molar-refractivity contribution is 5.76. The van der Waals surface area contributed by atoms with Gasteiger partial charge in [-0.3, -0.25) is 4.79 Å². The van der Waals surface area contributed by atoms with Gasteiger partial charge in [0.1, 0.15) is 0 Å². The molecule has 3 unspecified atom stereocenters. The Balaban J connectivity index is 1.74. The van der Waals surface area contributed by atoms with E-state index in [9.17, 15) is 4.79 Å². The molecule has 3 N–H and O–H groups in total. The molecule has 0 aromatic heterocycles. The van der Waals surface area contributed by atoms with E-state index in [1.165, 1.54) is 25.8 Å². The van der Waals surface area contributed by atoms with Gasteiger partial charge in [-0.15, -0.1) is 0 Å². The predicted octanol–water partition coefficient (Wildman–Crippen LogP) is 1.49. The molecule has 110 valence electrons. The maximum absolute atomic E-state index is 12.1. The number of hydrogen-bond acceptors (Lipinski definition) is 3. The number of rotatable bonds is 4. The Morgan fingerprint density at radius 2 is 2.05 bits per heavy atom.